The van der Waals surface area contributed by atoms with E-state index in [0.29, 0.717) is 25.7 Å². The van der Waals surface area contributed by atoms with E-state index >= 15 is 0 Å². The molecule has 1 aliphatic carbocycles. The number of ether oxygens (including phenoxy) is 2. The van der Waals surface area contributed by atoms with E-state index in [1.807, 2.05) is 12.2 Å². The van der Waals surface area contributed by atoms with Crippen LogP contribution >= 0.6 is 0 Å². The van der Waals surface area contributed by atoms with Crippen LogP contribution < -0.4 is 0 Å². The lowest BCUT2D eigenvalue weighted by Crippen LogP contribution is -2.44. The van der Waals surface area contributed by atoms with Crippen LogP contribution in [0.25, 0.3) is 0 Å². The molecule has 3 aliphatic rings. The van der Waals surface area contributed by atoms with Crippen molar-refractivity contribution in [2.75, 3.05) is 13.2 Å². The molecule has 90 valence electrons. The first-order chi connectivity index (χ1) is 7.57. The maximum Gasteiger partial charge on any atom is 0.0880 e. The molecule has 0 amide bonds. The van der Waals surface area contributed by atoms with Crippen LogP contribution in [-0.2, 0) is 9.47 Å². The van der Waals surface area contributed by atoms with E-state index in [9.17, 15) is 10.2 Å². The molecule has 2 fully saturated rings. The predicted molar refractivity (Wildman–Crippen MR) is 57.0 cm³/mol. The van der Waals surface area contributed by atoms with Gasteiger partial charge in [-0.3, -0.25) is 0 Å². The van der Waals surface area contributed by atoms with Gasteiger partial charge in [0, 0.05) is 19.3 Å². The van der Waals surface area contributed by atoms with E-state index in [4.69, 9.17) is 9.47 Å². The van der Waals surface area contributed by atoms with Crippen molar-refractivity contribution in [3.05, 3.63) is 12.2 Å². The fourth-order valence-electron chi connectivity index (χ4n) is 2.68. The summed E-state index contributed by atoms with van der Waals surface area (Å²) in [6.07, 6.45) is 6.30. The van der Waals surface area contributed by atoms with Gasteiger partial charge in [0.05, 0.1) is 36.6 Å². The zero-order valence-corrected chi connectivity index (χ0v) is 9.26. The first-order valence-corrected chi connectivity index (χ1v) is 5.93. The fourth-order valence-corrected chi connectivity index (χ4v) is 2.68. The van der Waals surface area contributed by atoms with Crippen molar-refractivity contribution in [2.45, 2.75) is 49.1 Å². The van der Waals surface area contributed by atoms with Crippen LogP contribution in [0.5, 0.6) is 0 Å². The van der Waals surface area contributed by atoms with Crippen LogP contribution in [0.15, 0.2) is 12.2 Å². The van der Waals surface area contributed by atoms with Gasteiger partial charge in [0.2, 0.25) is 0 Å². The Hall–Kier alpha value is -0.420. The third-order valence-corrected chi connectivity index (χ3v) is 3.55. The van der Waals surface area contributed by atoms with Crippen molar-refractivity contribution < 1.29 is 19.7 Å². The third kappa shape index (κ3) is 2.46. The van der Waals surface area contributed by atoms with Gasteiger partial charge >= 0.3 is 0 Å². The zero-order chi connectivity index (χ0) is 11.2. The van der Waals surface area contributed by atoms with Gasteiger partial charge in [0.15, 0.2) is 0 Å². The Kier molecular flexibility index (Phi) is 2.37. The third-order valence-electron chi connectivity index (χ3n) is 3.55. The average molecular weight is 226 g/mol. The molecule has 4 nitrogen and oxygen atoms in total. The van der Waals surface area contributed by atoms with Gasteiger partial charge in [0.1, 0.15) is 0 Å². The van der Waals surface area contributed by atoms with Gasteiger partial charge in [-0.25, -0.2) is 0 Å². The Morgan fingerprint density at radius 2 is 1.75 bits per heavy atom. The molecular weight excluding hydrogens is 208 g/mol. The minimum atomic E-state index is -0.900. The maximum atomic E-state index is 10.4. The number of aliphatic hydroxyl groups is 2. The molecular formula is C12H18O4. The Morgan fingerprint density at radius 1 is 1.12 bits per heavy atom. The smallest absolute Gasteiger partial charge is 0.0880 e. The minimum Gasteiger partial charge on any atom is -0.389 e. The lowest BCUT2D eigenvalue weighted by atomic mass is 9.75. The Labute approximate surface area is 94.9 Å². The highest BCUT2D eigenvalue weighted by Crippen LogP contribution is 2.39. The Morgan fingerprint density at radius 3 is 2.38 bits per heavy atom. The van der Waals surface area contributed by atoms with Crippen molar-refractivity contribution in [1.82, 2.24) is 0 Å². The second-order valence-corrected chi connectivity index (χ2v) is 5.43. The second kappa shape index (κ2) is 3.53. The summed E-state index contributed by atoms with van der Waals surface area (Å²) >= 11 is 0. The molecule has 0 saturated carbocycles. The first-order valence-electron chi connectivity index (χ1n) is 5.93. The van der Waals surface area contributed by atoms with Crippen LogP contribution in [0.4, 0.5) is 0 Å². The summed E-state index contributed by atoms with van der Waals surface area (Å²) in [6, 6.07) is 0. The summed E-state index contributed by atoms with van der Waals surface area (Å²) in [6.45, 7) is 1.48. The minimum absolute atomic E-state index is 0.175. The van der Waals surface area contributed by atoms with Gasteiger partial charge < -0.3 is 19.7 Å². The Bertz CT molecular complexity index is 308. The van der Waals surface area contributed by atoms with Crippen molar-refractivity contribution >= 4 is 0 Å². The predicted octanol–water partition coefficient (Wildman–Crippen LogP) is 0.376. The van der Waals surface area contributed by atoms with Crippen molar-refractivity contribution in [1.29, 1.82) is 0 Å². The molecule has 16 heavy (non-hydrogen) atoms. The normalized spacial score (nSPS) is 50.4. The van der Waals surface area contributed by atoms with Crippen molar-refractivity contribution in [3.63, 3.8) is 0 Å². The lowest BCUT2D eigenvalue weighted by molar-refractivity contribution is -0.0611. The number of epoxide rings is 2. The number of hydrogen-bond acceptors (Lipinski definition) is 4. The van der Waals surface area contributed by atoms with Crippen molar-refractivity contribution in [2.24, 2.45) is 0 Å². The average Bonchev–Trinajstić information content (AvgIpc) is 3.00. The molecule has 4 heteroatoms. The monoisotopic (exact) mass is 226 g/mol. The quantitative estimate of drug-likeness (QED) is 0.537. The molecule has 0 aromatic carbocycles. The molecule has 2 saturated heterocycles. The molecule has 2 heterocycles. The van der Waals surface area contributed by atoms with E-state index < -0.39 is 11.2 Å². The fraction of sp³-hybridized carbons (Fsp3) is 0.833. The highest BCUT2D eigenvalue weighted by molar-refractivity contribution is 5.14. The molecule has 3 rings (SSSR count). The van der Waals surface area contributed by atoms with E-state index in [-0.39, 0.29) is 12.2 Å². The largest absolute Gasteiger partial charge is 0.389 e. The molecule has 4 atom stereocenters. The summed E-state index contributed by atoms with van der Waals surface area (Å²) in [5.74, 6) is 0. The maximum absolute atomic E-state index is 10.4. The number of hydrogen-bond donors (Lipinski definition) is 2. The topological polar surface area (TPSA) is 65.5 Å². The highest BCUT2D eigenvalue weighted by Gasteiger charge is 2.45. The summed E-state index contributed by atoms with van der Waals surface area (Å²) in [5.41, 5.74) is -1.71. The van der Waals surface area contributed by atoms with Gasteiger partial charge in [-0.2, -0.15) is 0 Å². The van der Waals surface area contributed by atoms with Crippen LogP contribution in [0.2, 0.25) is 0 Å². The summed E-state index contributed by atoms with van der Waals surface area (Å²) < 4.78 is 10.3. The molecule has 4 unspecified atom stereocenters. The molecule has 0 aromatic heterocycles. The van der Waals surface area contributed by atoms with E-state index in [1.54, 1.807) is 0 Å². The molecule has 2 aliphatic heterocycles. The summed E-state index contributed by atoms with van der Waals surface area (Å²) in [5, 5.41) is 20.8. The van der Waals surface area contributed by atoms with Crippen LogP contribution in [0.3, 0.4) is 0 Å². The van der Waals surface area contributed by atoms with Crippen LogP contribution in [0, 0.1) is 0 Å². The van der Waals surface area contributed by atoms with E-state index in [0.717, 1.165) is 13.2 Å². The molecule has 2 N–H and O–H groups in total. The van der Waals surface area contributed by atoms with Gasteiger partial charge in [0.25, 0.3) is 0 Å². The van der Waals surface area contributed by atoms with E-state index in [2.05, 4.69) is 0 Å². The summed E-state index contributed by atoms with van der Waals surface area (Å²) in [4.78, 5) is 0. The van der Waals surface area contributed by atoms with E-state index in [1.165, 1.54) is 0 Å². The standard InChI is InChI=1S/C12H18O4/c13-11(4-9-6-15-9)2-1-3-12(14,8-11)5-10-7-16-10/h1-2,9-10,13-14H,3-8H2. The van der Waals surface area contributed by atoms with Gasteiger partial charge in [-0.05, 0) is 6.42 Å². The van der Waals surface area contributed by atoms with Crippen molar-refractivity contribution in [3.8, 4) is 0 Å². The van der Waals surface area contributed by atoms with Gasteiger partial charge in [-0.15, -0.1) is 0 Å². The Balaban J connectivity index is 1.66. The van der Waals surface area contributed by atoms with Crippen LogP contribution in [0.1, 0.15) is 25.7 Å². The zero-order valence-electron chi connectivity index (χ0n) is 9.26. The first kappa shape index (κ1) is 10.7. The summed E-state index contributed by atoms with van der Waals surface area (Å²) in [7, 11) is 0. The molecule has 0 spiro atoms. The molecule has 0 radical (unpaired) electrons. The van der Waals surface area contributed by atoms with Crippen LogP contribution in [-0.4, -0.2) is 46.8 Å². The highest BCUT2D eigenvalue weighted by atomic mass is 16.6. The number of rotatable bonds is 4. The second-order valence-electron chi connectivity index (χ2n) is 5.43. The SMILES string of the molecule is OC1(CC2CO2)C=CCC(O)(CC2CO2)C1. The molecule has 0 bridgehead atoms. The lowest BCUT2D eigenvalue weighted by Gasteiger charge is -2.38. The van der Waals surface area contributed by atoms with Gasteiger partial charge in [-0.1, -0.05) is 12.2 Å². The molecule has 0 aromatic rings.